The minimum absolute atomic E-state index is 0.0439. The van der Waals surface area contributed by atoms with Gasteiger partial charge in [0.1, 0.15) is 0 Å². The number of rotatable bonds is 9. The minimum atomic E-state index is -3.98. The van der Waals surface area contributed by atoms with E-state index in [1.54, 1.807) is 24.3 Å². The summed E-state index contributed by atoms with van der Waals surface area (Å²) in [6, 6.07) is 14.1. The molecule has 2 aromatic rings. The van der Waals surface area contributed by atoms with Crippen molar-refractivity contribution in [1.29, 1.82) is 0 Å². The summed E-state index contributed by atoms with van der Waals surface area (Å²) in [6.45, 7) is 13.3. The van der Waals surface area contributed by atoms with Crippen LogP contribution in [0.25, 0.3) is 0 Å². The van der Waals surface area contributed by atoms with Gasteiger partial charge in [0.05, 0.1) is 0 Å². The Morgan fingerprint density at radius 2 is 0.976 bits per heavy atom. The predicted octanol–water partition coefficient (Wildman–Crippen LogP) is 4.80. The first-order valence-electron chi connectivity index (χ1n) is 14.9. The van der Waals surface area contributed by atoms with E-state index in [0.29, 0.717) is 20.8 Å². The average Bonchev–Trinajstić information content (AvgIpc) is 3.44. The first kappa shape index (κ1) is 31.3. The molecule has 0 unspecified atom stereocenters. The Bertz CT molecular complexity index is 1480. The third kappa shape index (κ3) is 4.74. The van der Waals surface area contributed by atoms with Gasteiger partial charge in [-0.2, -0.15) is 0 Å². The molecule has 0 saturated heterocycles. The molecule has 10 heteroatoms. The van der Waals surface area contributed by atoms with Crippen molar-refractivity contribution in [2.45, 2.75) is 102 Å². The molecule has 0 aliphatic heterocycles. The van der Waals surface area contributed by atoms with Gasteiger partial charge in [0.25, 0.3) is 0 Å². The maximum atomic E-state index is 13.7. The third-order valence-electron chi connectivity index (χ3n) is 12.4. The fraction of sp³-hybridized carbons (Fsp3) is 0.625. The third-order valence-corrected chi connectivity index (χ3v) is 23.0. The Labute approximate surface area is 263 Å². The van der Waals surface area contributed by atoms with Crippen LogP contribution in [-0.4, -0.2) is 55.3 Å². The van der Waals surface area contributed by atoms with Crippen LogP contribution in [0.15, 0.2) is 58.3 Å². The van der Waals surface area contributed by atoms with Gasteiger partial charge in [0.2, 0.25) is 0 Å². The topological polar surface area (TPSA) is 86.7 Å². The fourth-order valence-corrected chi connectivity index (χ4v) is 20.7. The van der Waals surface area contributed by atoms with Gasteiger partial charge >= 0.3 is 265 Å². The molecule has 4 fully saturated rings. The van der Waals surface area contributed by atoms with E-state index in [1.165, 1.54) is 0 Å². The molecule has 0 amide bonds. The van der Waals surface area contributed by atoms with E-state index < -0.39 is 20.2 Å². The molecule has 0 radical (unpaired) electrons. The Morgan fingerprint density at radius 3 is 1.29 bits per heavy atom. The first-order valence-corrected chi connectivity index (χ1v) is 23.8. The second-order valence-corrected chi connectivity index (χ2v) is 23.6. The van der Waals surface area contributed by atoms with E-state index in [1.807, 2.05) is 24.3 Å². The van der Waals surface area contributed by atoms with Gasteiger partial charge in [-0.05, 0) is 0 Å². The van der Waals surface area contributed by atoms with Crippen molar-refractivity contribution < 1.29 is 25.2 Å². The molecule has 0 N–H and O–H groups in total. The van der Waals surface area contributed by atoms with Gasteiger partial charge < -0.3 is 0 Å². The summed E-state index contributed by atoms with van der Waals surface area (Å²) >= 11 is -0.576. The van der Waals surface area contributed by atoms with Crippen LogP contribution in [0.1, 0.15) is 80.1 Å². The molecule has 6 nitrogen and oxygen atoms in total. The van der Waals surface area contributed by atoms with Crippen LogP contribution in [0.2, 0.25) is 0 Å². The van der Waals surface area contributed by atoms with E-state index in [-0.39, 0.29) is 69.9 Å². The molecule has 6 atom stereocenters. The predicted molar refractivity (Wildman–Crippen MR) is 166 cm³/mol. The molecular formula is C32H42O6S2Se2. The Morgan fingerprint density at radius 1 is 0.619 bits per heavy atom. The monoisotopic (exact) mass is 746 g/mol. The molecular weight excluding hydrogens is 702 g/mol. The molecule has 4 aliphatic carbocycles. The van der Waals surface area contributed by atoms with Gasteiger partial charge in [-0.1, -0.05) is 0 Å². The molecule has 230 valence electrons. The second kappa shape index (κ2) is 10.4. The molecule has 4 saturated carbocycles. The summed E-state index contributed by atoms with van der Waals surface area (Å²) in [5.41, 5.74) is -0.259. The van der Waals surface area contributed by atoms with Crippen molar-refractivity contribution >= 4 is 55.4 Å². The van der Waals surface area contributed by atoms with E-state index >= 15 is 0 Å². The normalized spacial score (nSPS) is 34.7. The van der Waals surface area contributed by atoms with E-state index in [4.69, 9.17) is 8.37 Å². The van der Waals surface area contributed by atoms with E-state index in [2.05, 4.69) is 41.5 Å². The Hall–Kier alpha value is -0.701. The van der Waals surface area contributed by atoms with Crippen LogP contribution in [0, 0.1) is 33.5 Å². The zero-order chi connectivity index (χ0) is 30.3. The second-order valence-electron chi connectivity index (χ2n) is 14.4. The number of fused-ring (bicyclic) bond motifs is 4. The summed E-state index contributed by atoms with van der Waals surface area (Å²) in [5, 5.41) is 0. The van der Waals surface area contributed by atoms with Crippen LogP contribution in [0.4, 0.5) is 0 Å². The molecule has 4 bridgehead atoms. The van der Waals surface area contributed by atoms with Crippen molar-refractivity contribution in [3.8, 4) is 0 Å². The van der Waals surface area contributed by atoms with Crippen molar-refractivity contribution in [2.75, 3.05) is 0 Å². The van der Waals surface area contributed by atoms with Crippen molar-refractivity contribution in [3.05, 3.63) is 48.5 Å². The van der Waals surface area contributed by atoms with Crippen molar-refractivity contribution in [1.82, 2.24) is 0 Å². The maximum absolute atomic E-state index is 13.7. The standard InChI is InChI=1S/C32H42O6S2Se2/c1-29(2)21-15-17-31(29,5)27(19-21)37-39(33,34)23-11-7-9-13-25(23)41-42-26-14-10-8-12-24(26)40(35,36)38-28-20-22-16-18-32(28,6)30(22,3)4/h7-14,21-22,27-28H,15-20H2,1-6H3/t21-,22-,27+,28+,31+,32+/m0/s1. The first-order chi connectivity index (χ1) is 19.5. The number of hydrogen-bond donors (Lipinski definition) is 0. The van der Waals surface area contributed by atoms with Crippen LogP contribution in [-0.2, 0) is 28.6 Å². The molecule has 0 aromatic heterocycles. The molecule has 2 aromatic carbocycles. The average molecular weight is 745 g/mol. The number of hydrogen-bond acceptors (Lipinski definition) is 6. The summed E-state index contributed by atoms with van der Waals surface area (Å²) in [4.78, 5) is 0.426. The van der Waals surface area contributed by atoms with Crippen LogP contribution in [0.5, 0.6) is 0 Å². The van der Waals surface area contributed by atoms with E-state index in [9.17, 15) is 16.8 Å². The summed E-state index contributed by atoms with van der Waals surface area (Å²) in [6.07, 6.45) is 5.07. The van der Waals surface area contributed by atoms with Gasteiger partial charge in [-0.15, -0.1) is 0 Å². The fourth-order valence-electron chi connectivity index (χ4n) is 8.50. The number of benzene rings is 2. The zero-order valence-electron chi connectivity index (χ0n) is 25.3. The van der Waals surface area contributed by atoms with Crippen molar-refractivity contribution in [2.24, 2.45) is 33.5 Å². The van der Waals surface area contributed by atoms with Crippen molar-refractivity contribution in [3.63, 3.8) is 0 Å². The Balaban J connectivity index is 1.21. The summed E-state index contributed by atoms with van der Waals surface area (Å²) in [5.74, 6) is 0.943. The molecule has 0 spiro atoms. The SMILES string of the molecule is CC1(C)[C@H]2CC[C@]1(C)[C@H](OS(=O)(=O)c1ccccc1[Se][Se]c1ccccc1S(=O)(=O)O[C@@H]1C[C@@H]3CC[C@@]1(C)C3(C)C)C2. The zero-order valence-corrected chi connectivity index (χ0v) is 30.3. The molecule has 0 heterocycles. The molecule has 42 heavy (non-hydrogen) atoms. The van der Waals surface area contributed by atoms with Crippen LogP contribution < -0.4 is 8.92 Å². The van der Waals surface area contributed by atoms with Gasteiger partial charge in [0, 0.05) is 0 Å². The quantitative estimate of drug-likeness (QED) is 0.271. The molecule has 4 aliphatic rings. The summed E-state index contributed by atoms with van der Waals surface area (Å²) in [7, 11) is -7.97. The van der Waals surface area contributed by atoms with E-state index in [0.717, 1.165) is 38.5 Å². The molecule has 6 rings (SSSR count). The van der Waals surface area contributed by atoms with Crippen LogP contribution >= 0.6 is 0 Å². The van der Waals surface area contributed by atoms with Gasteiger partial charge in [-0.3, -0.25) is 0 Å². The Kier molecular flexibility index (Phi) is 7.76. The summed E-state index contributed by atoms with van der Waals surface area (Å²) < 4.78 is 68.3. The van der Waals surface area contributed by atoms with Crippen LogP contribution in [0.3, 0.4) is 0 Å². The van der Waals surface area contributed by atoms with Gasteiger partial charge in [-0.25, -0.2) is 0 Å². The van der Waals surface area contributed by atoms with Gasteiger partial charge in [0.15, 0.2) is 0 Å².